The fourth-order valence-corrected chi connectivity index (χ4v) is 3.51. The molecule has 3 N–H and O–H groups in total. The summed E-state index contributed by atoms with van der Waals surface area (Å²) in [6.45, 7) is 3.86. The number of amides is 2. The lowest BCUT2D eigenvalue weighted by Gasteiger charge is -2.24. The minimum Gasteiger partial charge on any atom is -0.481 e. The van der Waals surface area contributed by atoms with E-state index in [9.17, 15) is 19.5 Å². The van der Waals surface area contributed by atoms with Crippen molar-refractivity contribution in [1.29, 1.82) is 0 Å². The van der Waals surface area contributed by atoms with E-state index in [0.29, 0.717) is 17.5 Å². The average Bonchev–Trinajstić information content (AvgIpc) is 2.65. The molecule has 29 heavy (non-hydrogen) atoms. The second kappa shape index (κ2) is 10.9. The number of aliphatic carboxylic acids is 1. The van der Waals surface area contributed by atoms with Crippen molar-refractivity contribution in [2.24, 2.45) is 5.92 Å². The molecule has 2 aromatic rings. The van der Waals surface area contributed by atoms with E-state index in [-0.39, 0.29) is 18.2 Å². The zero-order valence-electron chi connectivity index (χ0n) is 16.4. The highest BCUT2D eigenvalue weighted by Gasteiger charge is 2.27. The lowest BCUT2D eigenvalue weighted by molar-refractivity contribution is -0.138. The van der Waals surface area contributed by atoms with Crippen LogP contribution < -0.4 is 10.6 Å². The molecule has 0 heterocycles. The molecule has 0 radical (unpaired) electrons. The molecule has 0 bridgehead atoms. The Hall–Kier alpha value is -2.42. The highest BCUT2D eigenvalue weighted by Crippen LogP contribution is 2.22. The summed E-state index contributed by atoms with van der Waals surface area (Å²) in [6, 6.07) is 14.7. The molecule has 0 aliphatic rings. The second-order valence-electron chi connectivity index (χ2n) is 7.22. The summed E-state index contributed by atoms with van der Waals surface area (Å²) >= 11 is 2.14. The molecule has 2 rings (SSSR count). The number of carbonyl (C=O) groups excluding carboxylic acids is 2. The van der Waals surface area contributed by atoms with E-state index in [1.807, 2.05) is 38.1 Å². The predicted octanol–water partition coefficient (Wildman–Crippen LogP) is 3.83. The van der Waals surface area contributed by atoms with Crippen LogP contribution in [0.3, 0.4) is 0 Å². The zero-order chi connectivity index (χ0) is 21.4. The van der Waals surface area contributed by atoms with Crippen molar-refractivity contribution in [3.63, 3.8) is 0 Å². The molecule has 2 atom stereocenters. The standard InChI is InChI=1S/C22H25IN2O4/c1-14(2)11-19(26)25-21(15-7-4-3-5-8-15)22(29)24-18(13-20(27)28)16-9-6-10-17(23)12-16/h3-10,12,14,18,21H,11,13H2,1-2H3,(H,24,29)(H,25,26)(H,27,28)/t18-,21?/m0/s1. The maximum Gasteiger partial charge on any atom is 0.305 e. The van der Waals surface area contributed by atoms with Crippen LogP contribution in [-0.4, -0.2) is 22.9 Å². The van der Waals surface area contributed by atoms with Gasteiger partial charge in [0.25, 0.3) is 0 Å². The number of nitrogens with one attached hydrogen (secondary N) is 2. The van der Waals surface area contributed by atoms with Gasteiger partial charge in [0.15, 0.2) is 0 Å². The molecule has 0 aliphatic heterocycles. The van der Waals surface area contributed by atoms with Crippen molar-refractivity contribution in [1.82, 2.24) is 10.6 Å². The minimum absolute atomic E-state index is 0.153. The van der Waals surface area contributed by atoms with Crippen LogP contribution in [0.5, 0.6) is 0 Å². The third-order valence-corrected chi connectivity index (χ3v) is 4.91. The first-order valence-corrected chi connectivity index (χ1v) is 10.5. The first kappa shape index (κ1) is 22.9. The van der Waals surface area contributed by atoms with Crippen molar-refractivity contribution in [2.75, 3.05) is 0 Å². The molecule has 0 saturated carbocycles. The molecule has 2 amide bonds. The van der Waals surface area contributed by atoms with E-state index in [4.69, 9.17) is 0 Å². The number of benzene rings is 2. The molecule has 0 saturated heterocycles. The SMILES string of the molecule is CC(C)CC(=O)NC(C(=O)N[C@@H](CC(=O)O)c1cccc(I)c1)c1ccccc1. The van der Waals surface area contributed by atoms with Gasteiger partial charge in [0.05, 0.1) is 12.5 Å². The van der Waals surface area contributed by atoms with Crippen LogP contribution in [0.15, 0.2) is 54.6 Å². The van der Waals surface area contributed by atoms with Gasteiger partial charge >= 0.3 is 5.97 Å². The Bertz CT molecular complexity index is 855. The fraction of sp³-hybridized carbons (Fsp3) is 0.318. The Morgan fingerprint density at radius 2 is 1.59 bits per heavy atom. The summed E-state index contributed by atoms with van der Waals surface area (Å²) in [7, 11) is 0. The van der Waals surface area contributed by atoms with E-state index in [0.717, 1.165) is 3.57 Å². The van der Waals surface area contributed by atoms with Gasteiger partial charge in [-0.2, -0.15) is 0 Å². The van der Waals surface area contributed by atoms with Crippen LogP contribution in [0.4, 0.5) is 0 Å². The number of carboxylic acids is 1. The van der Waals surface area contributed by atoms with Gasteiger partial charge in [-0.1, -0.05) is 56.3 Å². The van der Waals surface area contributed by atoms with Gasteiger partial charge in [0.2, 0.25) is 11.8 Å². The van der Waals surface area contributed by atoms with Crippen molar-refractivity contribution in [3.05, 3.63) is 69.3 Å². The van der Waals surface area contributed by atoms with Crippen molar-refractivity contribution < 1.29 is 19.5 Å². The fourth-order valence-electron chi connectivity index (χ4n) is 2.94. The smallest absolute Gasteiger partial charge is 0.305 e. The maximum absolute atomic E-state index is 13.1. The first-order valence-electron chi connectivity index (χ1n) is 9.38. The van der Waals surface area contributed by atoms with Gasteiger partial charge in [-0.05, 0) is 51.8 Å². The molecule has 7 heteroatoms. The predicted molar refractivity (Wildman–Crippen MR) is 119 cm³/mol. The Labute approximate surface area is 184 Å². The molecule has 0 aliphatic carbocycles. The molecule has 154 valence electrons. The van der Waals surface area contributed by atoms with E-state index in [2.05, 4.69) is 33.2 Å². The Balaban J connectivity index is 2.27. The summed E-state index contributed by atoms with van der Waals surface area (Å²) in [5, 5.41) is 14.9. The molecule has 1 unspecified atom stereocenters. The van der Waals surface area contributed by atoms with Crippen molar-refractivity contribution in [2.45, 2.75) is 38.8 Å². The average molecular weight is 508 g/mol. The quantitative estimate of drug-likeness (QED) is 0.449. The molecule has 0 spiro atoms. The van der Waals surface area contributed by atoms with E-state index < -0.39 is 24.0 Å². The number of hydrogen-bond donors (Lipinski definition) is 3. The molecular formula is C22H25IN2O4. The van der Waals surface area contributed by atoms with Gasteiger partial charge < -0.3 is 15.7 Å². The number of carbonyl (C=O) groups is 3. The normalized spacial score (nSPS) is 12.8. The van der Waals surface area contributed by atoms with Crippen molar-refractivity contribution in [3.8, 4) is 0 Å². The van der Waals surface area contributed by atoms with E-state index in [1.54, 1.807) is 30.3 Å². The number of hydrogen-bond acceptors (Lipinski definition) is 3. The van der Waals surface area contributed by atoms with Crippen LogP contribution in [-0.2, 0) is 14.4 Å². The van der Waals surface area contributed by atoms with Gasteiger partial charge in [-0.15, -0.1) is 0 Å². The zero-order valence-corrected chi connectivity index (χ0v) is 18.5. The maximum atomic E-state index is 13.1. The molecule has 0 fully saturated rings. The van der Waals surface area contributed by atoms with Crippen LogP contribution in [0.2, 0.25) is 0 Å². The third-order valence-electron chi connectivity index (χ3n) is 4.24. The summed E-state index contributed by atoms with van der Waals surface area (Å²) in [4.78, 5) is 36.8. The summed E-state index contributed by atoms with van der Waals surface area (Å²) in [5.74, 6) is -1.54. The Morgan fingerprint density at radius 3 is 2.17 bits per heavy atom. The van der Waals surface area contributed by atoms with Gasteiger partial charge in [0, 0.05) is 9.99 Å². The van der Waals surface area contributed by atoms with E-state index >= 15 is 0 Å². The topological polar surface area (TPSA) is 95.5 Å². The highest BCUT2D eigenvalue weighted by molar-refractivity contribution is 14.1. The summed E-state index contributed by atoms with van der Waals surface area (Å²) < 4.78 is 0.939. The highest BCUT2D eigenvalue weighted by atomic mass is 127. The Kier molecular flexibility index (Phi) is 8.63. The van der Waals surface area contributed by atoms with Crippen LogP contribution in [0.25, 0.3) is 0 Å². The lowest BCUT2D eigenvalue weighted by Crippen LogP contribution is -2.42. The molecular weight excluding hydrogens is 483 g/mol. The van der Waals surface area contributed by atoms with E-state index in [1.165, 1.54) is 0 Å². The molecule has 6 nitrogen and oxygen atoms in total. The molecule has 0 aromatic heterocycles. The summed E-state index contributed by atoms with van der Waals surface area (Å²) in [5.41, 5.74) is 1.34. The van der Waals surface area contributed by atoms with Gasteiger partial charge in [-0.25, -0.2) is 0 Å². The van der Waals surface area contributed by atoms with Crippen LogP contribution >= 0.6 is 22.6 Å². The minimum atomic E-state index is -1.02. The third kappa shape index (κ3) is 7.49. The van der Waals surface area contributed by atoms with Crippen LogP contribution in [0, 0.1) is 9.49 Å². The van der Waals surface area contributed by atoms with Crippen LogP contribution in [0.1, 0.15) is 49.9 Å². The summed E-state index contributed by atoms with van der Waals surface area (Å²) in [6.07, 6.45) is 0.0410. The number of carboxylic acid groups (broad SMARTS) is 1. The van der Waals surface area contributed by atoms with Crippen molar-refractivity contribution >= 4 is 40.4 Å². The number of halogens is 1. The van der Waals surface area contributed by atoms with Gasteiger partial charge in [-0.3, -0.25) is 14.4 Å². The second-order valence-corrected chi connectivity index (χ2v) is 8.47. The first-order chi connectivity index (χ1) is 13.8. The Morgan fingerprint density at radius 1 is 0.931 bits per heavy atom. The number of rotatable bonds is 9. The lowest BCUT2D eigenvalue weighted by atomic mass is 10.0. The molecule has 2 aromatic carbocycles. The largest absolute Gasteiger partial charge is 0.481 e. The van der Waals surface area contributed by atoms with Gasteiger partial charge in [0.1, 0.15) is 6.04 Å². The monoisotopic (exact) mass is 508 g/mol.